The molecule has 0 unspecified atom stereocenters. The molecule has 1 fully saturated rings. The van der Waals surface area contributed by atoms with Crippen LogP contribution in [-0.2, 0) is 14.4 Å². The maximum atomic E-state index is 12.0. The van der Waals surface area contributed by atoms with Gasteiger partial charge >= 0.3 is 0 Å². The maximum absolute atomic E-state index is 12.0. The quantitative estimate of drug-likeness (QED) is 0.695. The van der Waals surface area contributed by atoms with Crippen molar-refractivity contribution < 1.29 is 18.8 Å². The first-order valence-corrected chi connectivity index (χ1v) is 7.12. The van der Waals surface area contributed by atoms with Crippen molar-refractivity contribution in [3.05, 3.63) is 54.5 Å². The van der Waals surface area contributed by atoms with Crippen LogP contribution in [0.5, 0.6) is 0 Å². The second kappa shape index (κ2) is 6.31. The molecule has 1 N–H and O–H groups in total. The fourth-order valence-corrected chi connectivity index (χ4v) is 2.34. The van der Waals surface area contributed by atoms with Gasteiger partial charge in [-0.25, -0.2) is 4.90 Å². The number of furan rings is 1. The molecule has 3 amide bonds. The van der Waals surface area contributed by atoms with Crippen LogP contribution >= 0.6 is 0 Å². The lowest BCUT2D eigenvalue weighted by atomic mass is 10.2. The number of carbonyl (C=O) groups is 3. The number of carbonyl (C=O) groups excluding carboxylic acids is 3. The summed E-state index contributed by atoms with van der Waals surface area (Å²) in [7, 11) is 0. The highest BCUT2D eigenvalue weighted by Crippen LogP contribution is 2.30. The molecule has 2 aromatic rings. The molecule has 1 saturated heterocycles. The zero-order valence-electron chi connectivity index (χ0n) is 12.2. The second-order valence-corrected chi connectivity index (χ2v) is 4.98. The fourth-order valence-electron chi connectivity index (χ4n) is 2.34. The van der Waals surface area contributed by atoms with Crippen LogP contribution < -0.4 is 10.2 Å². The summed E-state index contributed by atoms with van der Waals surface area (Å²) in [4.78, 5) is 36.9. The van der Waals surface area contributed by atoms with Crippen molar-refractivity contribution in [1.29, 1.82) is 0 Å². The molecule has 1 aromatic carbocycles. The third-order valence-electron chi connectivity index (χ3n) is 3.40. The van der Waals surface area contributed by atoms with E-state index < -0.39 is 0 Å². The Balaban J connectivity index is 1.79. The van der Waals surface area contributed by atoms with E-state index in [0.29, 0.717) is 17.1 Å². The number of nitrogens with zero attached hydrogens (tertiary/aromatic N) is 1. The predicted octanol–water partition coefficient (Wildman–Crippen LogP) is 2.58. The first-order valence-electron chi connectivity index (χ1n) is 7.12. The molecule has 0 saturated carbocycles. The summed E-state index contributed by atoms with van der Waals surface area (Å²) in [6.07, 6.45) is 4.75. The van der Waals surface area contributed by atoms with Crippen LogP contribution in [0.15, 0.2) is 53.2 Å². The number of hydrogen-bond acceptors (Lipinski definition) is 4. The van der Waals surface area contributed by atoms with Crippen LogP contribution in [-0.4, -0.2) is 17.7 Å². The molecule has 116 valence electrons. The SMILES string of the molecule is O=C(C=Cc1ccco1)Nc1ccccc1N1C(=O)CCC1=O. The predicted molar refractivity (Wildman–Crippen MR) is 84.5 cm³/mol. The summed E-state index contributed by atoms with van der Waals surface area (Å²) < 4.78 is 5.10. The topological polar surface area (TPSA) is 79.6 Å². The normalized spacial score (nSPS) is 14.7. The Kier molecular flexibility index (Phi) is 4.05. The van der Waals surface area contributed by atoms with Gasteiger partial charge in [0, 0.05) is 18.9 Å². The number of benzene rings is 1. The lowest BCUT2D eigenvalue weighted by Crippen LogP contribution is -2.29. The van der Waals surface area contributed by atoms with Gasteiger partial charge in [0.1, 0.15) is 5.76 Å². The molecule has 0 spiro atoms. The van der Waals surface area contributed by atoms with E-state index in [1.807, 2.05) is 0 Å². The summed E-state index contributed by atoms with van der Waals surface area (Å²) >= 11 is 0. The highest BCUT2D eigenvalue weighted by atomic mass is 16.3. The van der Waals surface area contributed by atoms with Crippen molar-refractivity contribution in [2.45, 2.75) is 12.8 Å². The minimum atomic E-state index is -0.382. The van der Waals surface area contributed by atoms with E-state index >= 15 is 0 Å². The first-order chi connectivity index (χ1) is 11.1. The van der Waals surface area contributed by atoms with Gasteiger partial charge in [0.25, 0.3) is 0 Å². The maximum Gasteiger partial charge on any atom is 0.248 e. The molecule has 0 atom stereocenters. The average Bonchev–Trinajstić information content (AvgIpc) is 3.17. The van der Waals surface area contributed by atoms with E-state index in [1.165, 1.54) is 18.4 Å². The number of para-hydroxylation sites is 2. The highest BCUT2D eigenvalue weighted by Gasteiger charge is 2.31. The van der Waals surface area contributed by atoms with Crippen molar-refractivity contribution in [3.8, 4) is 0 Å². The van der Waals surface area contributed by atoms with Crippen LogP contribution in [0.25, 0.3) is 6.08 Å². The van der Waals surface area contributed by atoms with Crippen LogP contribution in [0.4, 0.5) is 11.4 Å². The Morgan fingerprint density at radius 1 is 1.09 bits per heavy atom. The molecule has 0 bridgehead atoms. The van der Waals surface area contributed by atoms with Crippen LogP contribution in [0.2, 0.25) is 0 Å². The number of hydrogen-bond donors (Lipinski definition) is 1. The summed E-state index contributed by atoms with van der Waals surface area (Å²) in [5, 5.41) is 2.68. The minimum absolute atomic E-state index is 0.194. The van der Waals surface area contributed by atoms with Gasteiger partial charge in [-0.05, 0) is 30.3 Å². The summed E-state index contributed by atoms with van der Waals surface area (Å²) in [6.45, 7) is 0. The van der Waals surface area contributed by atoms with Crippen LogP contribution in [0.3, 0.4) is 0 Å². The van der Waals surface area contributed by atoms with Gasteiger partial charge in [0.15, 0.2) is 0 Å². The molecule has 3 rings (SSSR count). The number of imide groups is 1. The van der Waals surface area contributed by atoms with Crippen molar-refractivity contribution >= 4 is 35.2 Å². The standard InChI is InChI=1S/C17H14N2O4/c20-15(8-7-12-4-3-11-23-12)18-13-5-1-2-6-14(13)19-16(21)9-10-17(19)22/h1-8,11H,9-10H2,(H,18,20). The summed E-state index contributed by atoms with van der Waals surface area (Å²) in [6, 6.07) is 10.2. The lowest BCUT2D eigenvalue weighted by Gasteiger charge is -2.17. The van der Waals surface area contributed by atoms with Gasteiger partial charge in [0.2, 0.25) is 17.7 Å². The van der Waals surface area contributed by atoms with E-state index in [1.54, 1.807) is 36.4 Å². The Labute approximate surface area is 132 Å². The Hall–Kier alpha value is -3.15. The van der Waals surface area contributed by atoms with Crippen molar-refractivity contribution in [1.82, 2.24) is 0 Å². The molecule has 0 radical (unpaired) electrons. The summed E-state index contributed by atoms with van der Waals surface area (Å²) in [5.74, 6) is -0.350. The monoisotopic (exact) mass is 310 g/mol. The zero-order valence-corrected chi connectivity index (χ0v) is 12.2. The molecule has 23 heavy (non-hydrogen) atoms. The van der Waals surface area contributed by atoms with Crippen LogP contribution in [0, 0.1) is 0 Å². The van der Waals surface area contributed by atoms with Gasteiger partial charge in [-0.2, -0.15) is 0 Å². The molecular weight excluding hydrogens is 296 g/mol. The smallest absolute Gasteiger partial charge is 0.248 e. The van der Waals surface area contributed by atoms with E-state index in [0.717, 1.165) is 4.90 Å². The van der Waals surface area contributed by atoms with Gasteiger partial charge in [-0.1, -0.05) is 12.1 Å². The van der Waals surface area contributed by atoms with Crippen molar-refractivity contribution in [2.24, 2.45) is 0 Å². The van der Waals surface area contributed by atoms with Gasteiger partial charge in [0.05, 0.1) is 17.6 Å². The average molecular weight is 310 g/mol. The van der Waals surface area contributed by atoms with E-state index in [9.17, 15) is 14.4 Å². The third-order valence-corrected chi connectivity index (χ3v) is 3.40. The largest absolute Gasteiger partial charge is 0.465 e. The minimum Gasteiger partial charge on any atom is -0.465 e. The van der Waals surface area contributed by atoms with E-state index in [4.69, 9.17) is 4.42 Å². The Morgan fingerprint density at radius 3 is 2.52 bits per heavy atom. The molecule has 1 aromatic heterocycles. The Morgan fingerprint density at radius 2 is 1.83 bits per heavy atom. The second-order valence-electron chi connectivity index (χ2n) is 4.98. The fraction of sp³-hybridized carbons (Fsp3) is 0.118. The summed E-state index contributed by atoms with van der Waals surface area (Å²) in [5.41, 5.74) is 0.796. The molecule has 1 aliphatic heterocycles. The molecule has 6 nitrogen and oxygen atoms in total. The van der Waals surface area contributed by atoms with Crippen molar-refractivity contribution in [3.63, 3.8) is 0 Å². The zero-order chi connectivity index (χ0) is 16.2. The molecular formula is C17H14N2O4. The molecule has 1 aliphatic rings. The third kappa shape index (κ3) is 3.21. The van der Waals surface area contributed by atoms with Gasteiger partial charge in [-0.15, -0.1) is 0 Å². The molecule has 6 heteroatoms. The number of amides is 3. The lowest BCUT2D eigenvalue weighted by molar-refractivity contribution is -0.121. The molecule has 0 aliphatic carbocycles. The van der Waals surface area contributed by atoms with E-state index in [2.05, 4.69) is 5.32 Å². The Bertz CT molecular complexity index is 762. The number of anilines is 2. The number of nitrogens with one attached hydrogen (secondary N) is 1. The van der Waals surface area contributed by atoms with E-state index in [-0.39, 0.29) is 30.6 Å². The number of rotatable bonds is 4. The van der Waals surface area contributed by atoms with Gasteiger partial charge in [-0.3, -0.25) is 14.4 Å². The first kappa shape index (κ1) is 14.8. The molecule has 2 heterocycles. The van der Waals surface area contributed by atoms with Crippen molar-refractivity contribution in [2.75, 3.05) is 10.2 Å². The van der Waals surface area contributed by atoms with Crippen LogP contribution in [0.1, 0.15) is 18.6 Å². The van der Waals surface area contributed by atoms with Gasteiger partial charge < -0.3 is 9.73 Å². The highest BCUT2D eigenvalue weighted by molar-refractivity contribution is 6.22.